The Morgan fingerprint density at radius 1 is 1.19 bits per heavy atom. The number of Topliss-reactive ketones (excluding diaryl/α,β-unsaturated/α-hetero) is 1. The minimum Gasteiger partial charge on any atom is -0.294 e. The molecular weight excluding hydrogens is 284 g/mol. The molecule has 0 amide bonds. The van der Waals surface area contributed by atoms with Crippen LogP contribution in [0.5, 0.6) is 0 Å². The van der Waals surface area contributed by atoms with Gasteiger partial charge in [0.05, 0.1) is 10.5 Å². The lowest BCUT2D eigenvalue weighted by Gasteiger charge is -2.38. The van der Waals surface area contributed by atoms with Crippen LogP contribution in [0, 0.1) is 5.92 Å². The quantitative estimate of drug-likeness (QED) is 0.805. The minimum absolute atomic E-state index is 0.0884. The average molecular weight is 304 g/mol. The summed E-state index contributed by atoms with van der Waals surface area (Å²) < 4.78 is 24.6. The van der Waals surface area contributed by atoms with Crippen molar-refractivity contribution in [1.29, 1.82) is 0 Å². The normalized spacial score (nSPS) is 30.6. The van der Waals surface area contributed by atoms with Crippen molar-refractivity contribution >= 4 is 21.7 Å². The molecule has 0 spiro atoms. The van der Waals surface area contributed by atoms with Crippen LogP contribution in [0.1, 0.15) is 48.0 Å². The fourth-order valence-electron chi connectivity index (χ4n) is 3.68. The van der Waals surface area contributed by atoms with E-state index >= 15 is 0 Å². The van der Waals surface area contributed by atoms with Crippen LogP contribution in [0.4, 0.5) is 0 Å². The monoisotopic (exact) mass is 304 g/mol. The summed E-state index contributed by atoms with van der Waals surface area (Å²) in [4.78, 5) is 12.7. The number of sulfone groups is 1. The van der Waals surface area contributed by atoms with Crippen LogP contribution in [0.3, 0.4) is 0 Å². The zero-order valence-corrected chi connectivity index (χ0v) is 12.8. The molecule has 2 fully saturated rings. The fraction of sp³-hybridized carbons (Fsp3) is 0.471. The predicted molar refractivity (Wildman–Crippen MR) is 83.9 cm³/mol. The van der Waals surface area contributed by atoms with Gasteiger partial charge in [0.25, 0.3) is 0 Å². The van der Waals surface area contributed by atoms with Gasteiger partial charge in [-0.25, -0.2) is 8.42 Å². The molecule has 0 aliphatic carbocycles. The molecule has 0 radical (unpaired) electrons. The predicted octanol–water partition coefficient (Wildman–Crippen LogP) is 3.26. The summed E-state index contributed by atoms with van der Waals surface area (Å²) in [5.74, 6) is -0.0607. The number of carbonyl (C=O) groups excluding carboxylic acids is 1. The molecule has 3 nitrogen and oxygen atoms in total. The Labute approximate surface area is 126 Å². The molecule has 2 bridgehead atoms. The molecule has 3 rings (SSSR count). The van der Waals surface area contributed by atoms with Crippen molar-refractivity contribution in [3.05, 3.63) is 42.0 Å². The standard InChI is InChI=1S/C17H20O3S/c1-2-12-5-3-6-13(9-12)17(18)14-10-15-7-4-8-16(11-14)21(15,19)20/h2-3,5-6,9,14-16H,1,4,7-8,10-11H2. The summed E-state index contributed by atoms with van der Waals surface area (Å²) in [6.07, 6.45) is 5.12. The summed E-state index contributed by atoms with van der Waals surface area (Å²) in [5.41, 5.74) is 1.60. The molecule has 21 heavy (non-hydrogen) atoms. The van der Waals surface area contributed by atoms with E-state index in [0.29, 0.717) is 18.4 Å². The van der Waals surface area contributed by atoms with Gasteiger partial charge in [0, 0.05) is 11.5 Å². The zero-order valence-electron chi connectivity index (χ0n) is 12.0. The van der Waals surface area contributed by atoms with Crippen LogP contribution in [0.25, 0.3) is 6.08 Å². The molecule has 0 aromatic heterocycles. The molecule has 2 heterocycles. The van der Waals surface area contributed by atoms with Gasteiger partial charge in [0.15, 0.2) is 15.6 Å². The van der Waals surface area contributed by atoms with Crippen molar-refractivity contribution in [3.63, 3.8) is 0 Å². The maximum absolute atomic E-state index is 12.7. The lowest BCUT2D eigenvalue weighted by atomic mass is 9.84. The Bertz CT molecular complexity index is 655. The second-order valence-electron chi connectivity index (χ2n) is 6.13. The second-order valence-corrected chi connectivity index (χ2v) is 8.64. The lowest BCUT2D eigenvalue weighted by molar-refractivity contribution is 0.0894. The van der Waals surface area contributed by atoms with Crippen LogP contribution in [0.2, 0.25) is 0 Å². The van der Waals surface area contributed by atoms with Gasteiger partial charge >= 0.3 is 0 Å². The average Bonchev–Trinajstić information content (AvgIpc) is 2.45. The van der Waals surface area contributed by atoms with E-state index in [1.807, 2.05) is 24.3 Å². The molecular formula is C17H20O3S. The summed E-state index contributed by atoms with van der Waals surface area (Å²) >= 11 is 0. The first kappa shape index (κ1) is 14.5. The summed E-state index contributed by atoms with van der Waals surface area (Å²) in [6, 6.07) is 7.41. The number of ketones is 1. The molecule has 0 saturated carbocycles. The Morgan fingerprint density at radius 3 is 2.48 bits per heavy atom. The fourth-order valence-corrected chi connectivity index (χ4v) is 6.21. The molecule has 4 heteroatoms. The Hall–Kier alpha value is -1.42. The largest absolute Gasteiger partial charge is 0.294 e. The maximum Gasteiger partial charge on any atom is 0.166 e. The van der Waals surface area contributed by atoms with E-state index in [4.69, 9.17) is 0 Å². The van der Waals surface area contributed by atoms with E-state index in [2.05, 4.69) is 6.58 Å². The maximum atomic E-state index is 12.7. The third-order valence-electron chi connectivity index (χ3n) is 4.85. The molecule has 2 atom stereocenters. The van der Waals surface area contributed by atoms with Crippen molar-refractivity contribution in [3.8, 4) is 0 Å². The van der Waals surface area contributed by atoms with Crippen molar-refractivity contribution in [2.24, 2.45) is 5.92 Å². The highest BCUT2D eigenvalue weighted by Crippen LogP contribution is 2.40. The number of rotatable bonds is 3. The Kier molecular flexibility index (Phi) is 3.74. The van der Waals surface area contributed by atoms with Crippen LogP contribution in [0.15, 0.2) is 30.8 Å². The van der Waals surface area contributed by atoms with Crippen LogP contribution >= 0.6 is 0 Å². The van der Waals surface area contributed by atoms with E-state index in [1.54, 1.807) is 6.08 Å². The van der Waals surface area contributed by atoms with Gasteiger partial charge < -0.3 is 0 Å². The first-order valence-corrected chi connectivity index (χ1v) is 9.12. The van der Waals surface area contributed by atoms with Gasteiger partial charge in [0.1, 0.15) is 0 Å². The van der Waals surface area contributed by atoms with Gasteiger partial charge in [-0.2, -0.15) is 0 Å². The van der Waals surface area contributed by atoms with Crippen LogP contribution in [-0.2, 0) is 9.84 Å². The number of fused-ring (bicyclic) bond motifs is 2. The number of benzene rings is 1. The highest BCUT2D eigenvalue weighted by atomic mass is 32.2. The number of hydrogen-bond donors (Lipinski definition) is 0. The smallest absolute Gasteiger partial charge is 0.166 e. The zero-order chi connectivity index (χ0) is 15.0. The summed E-state index contributed by atoms with van der Waals surface area (Å²) in [7, 11) is -3.00. The molecule has 2 aliphatic heterocycles. The van der Waals surface area contributed by atoms with E-state index in [9.17, 15) is 13.2 Å². The highest BCUT2D eigenvalue weighted by Gasteiger charge is 2.45. The van der Waals surface area contributed by atoms with E-state index < -0.39 is 9.84 Å². The van der Waals surface area contributed by atoms with Crippen LogP contribution < -0.4 is 0 Å². The third kappa shape index (κ3) is 2.57. The van der Waals surface area contributed by atoms with Gasteiger partial charge in [-0.05, 0) is 37.3 Å². The van der Waals surface area contributed by atoms with Crippen LogP contribution in [-0.4, -0.2) is 24.7 Å². The minimum atomic E-state index is -3.00. The first-order chi connectivity index (χ1) is 10.0. The van der Waals surface area contributed by atoms with Crippen molar-refractivity contribution < 1.29 is 13.2 Å². The van der Waals surface area contributed by atoms with Crippen molar-refractivity contribution in [2.45, 2.75) is 42.6 Å². The van der Waals surface area contributed by atoms with Crippen molar-refractivity contribution in [2.75, 3.05) is 0 Å². The molecule has 0 N–H and O–H groups in total. The molecule has 112 valence electrons. The molecule has 2 saturated heterocycles. The van der Waals surface area contributed by atoms with Gasteiger partial charge in [-0.3, -0.25) is 4.79 Å². The Balaban J connectivity index is 1.85. The van der Waals surface area contributed by atoms with E-state index in [1.165, 1.54) is 0 Å². The SMILES string of the molecule is C=Cc1cccc(C(=O)C2CC3CCCC(C2)S3(=O)=O)c1. The Morgan fingerprint density at radius 2 is 1.86 bits per heavy atom. The third-order valence-corrected chi connectivity index (χ3v) is 7.57. The van der Waals surface area contributed by atoms with Gasteiger partial charge in [-0.15, -0.1) is 0 Å². The molecule has 2 aliphatic rings. The molecule has 2 unspecified atom stereocenters. The van der Waals surface area contributed by atoms with E-state index in [-0.39, 0.29) is 22.2 Å². The summed E-state index contributed by atoms with van der Waals surface area (Å²) in [6.45, 7) is 3.72. The lowest BCUT2D eigenvalue weighted by Crippen LogP contribution is -2.45. The number of carbonyl (C=O) groups is 1. The summed E-state index contributed by atoms with van der Waals surface area (Å²) in [5, 5.41) is -0.608. The molecule has 1 aromatic rings. The molecule has 1 aromatic carbocycles. The first-order valence-electron chi connectivity index (χ1n) is 7.52. The topological polar surface area (TPSA) is 51.2 Å². The van der Waals surface area contributed by atoms with E-state index in [0.717, 1.165) is 24.8 Å². The van der Waals surface area contributed by atoms with Gasteiger partial charge in [-0.1, -0.05) is 37.3 Å². The van der Waals surface area contributed by atoms with Crippen molar-refractivity contribution in [1.82, 2.24) is 0 Å². The second kappa shape index (κ2) is 5.41. The van der Waals surface area contributed by atoms with Gasteiger partial charge in [0.2, 0.25) is 0 Å². The number of hydrogen-bond acceptors (Lipinski definition) is 3. The highest BCUT2D eigenvalue weighted by molar-refractivity contribution is 7.92.